The summed E-state index contributed by atoms with van der Waals surface area (Å²) in [5.41, 5.74) is 0.431. The Bertz CT molecular complexity index is 1080. The van der Waals surface area contributed by atoms with Gasteiger partial charge in [0, 0.05) is 12.1 Å². The van der Waals surface area contributed by atoms with Gasteiger partial charge in [-0.05, 0) is 37.1 Å². The van der Waals surface area contributed by atoms with Gasteiger partial charge in [-0.2, -0.15) is 18.4 Å². The van der Waals surface area contributed by atoms with E-state index >= 15 is 0 Å². The number of nitriles is 1. The second-order valence-electron chi connectivity index (χ2n) is 9.60. The fourth-order valence-corrected chi connectivity index (χ4v) is 5.69. The first-order valence-corrected chi connectivity index (χ1v) is 10.9. The normalized spacial score (nSPS) is 34.5. The Hall–Kier alpha value is -2.61. The molecule has 0 aromatic heterocycles. The van der Waals surface area contributed by atoms with E-state index in [9.17, 15) is 18.0 Å². The molecule has 1 N–H and O–H groups in total. The van der Waals surface area contributed by atoms with Gasteiger partial charge in [-0.25, -0.2) is 0 Å². The number of carbonyl (C=O) groups is 1. The average Bonchev–Trinajstić information content (AvgIpc) is 3.30. The smallest absolute Gasteiger partial charge is 0.357 e. The van der Waals surface area contributed by atoms with Crippen molar-refractivity contribution in [3.05, 3.63) is 41.1 Å². The largest absolute Gasteiger partial charge is 0.417 e. The fourth-order valence-electron chi connectivity index (χ4n) is 5.69. The molecule has 2 bridgehead atoms. The van der Waals surface area contributed by atoms with E-state index in [4.69, 9.17) is 19.6 Å². The molecule has 4 aliphatic rings. The number of nitrogens with one attached hydrogen (secondary N) is 1. The van der Waals surface area contributed by atoms with Gasteiger partial charge in [-0.1, -0.05) is 13.8 Å². The molecule has 0 saturated carbocycles. The average molecular weight is 463 g/mol. The number of hydrogen-bond donors (Lipinski definition) is 1. The molecule has 3 saturated heterocycles. The first-order valence-electron chi connectivity index (χ1n) is 10.9. The van der Waals surface area contributed by atoms with Crippen molar-refractivity contribution in [3.8, 4) is 6.07 Å². The van der Waals surface area contributed by atoms with E-state index in [1.807, 2.05) is 26.8 Å². The lowest BCUT2D eigenvalue weighted by Gasteiger charge is -2.43. The number of rotatable bonds is 5. The molecule has 176 valence electrons. The molecule has 5 rings (SSSR count). The number of anilines is 1. The minimum Gasteiger partial charge on any atom is -0.357 e. The summed E-state index contributed by atoms with van der Waals surface area (Å²) in [6, 6.07) is 4.88. The van der Waals surface area contributed by atoms with Crippen molar-refractivity contribution in [1.82, 2.24) is 5.48 Å². The first-order chi connectivity index (χ1) is 15.5. The molecule has 1 aromatic rings. The van der Waals surface area contributed by atoms with Crippen molar-refractivity contribution in [1.29, 1.82) is 5.26 Å². The van der Waals surface area contributed by atoms with E-state index in [1.165, 1.54) is 11.0 Å². The van der Waals surface area contributed by atoms with Crippen LogP contribution in [0.4, 0.5) is 18.9 Å². The molecule has 0 aliphatic carbocycles. The van der Waals surface area contributed by atoms with Gasteiger partial charge in [-0.3, -0.25) is 20.0 Å². The molecule has 33 heavy (non-hydrogen) atoms. The number of halogens is 3. The molecule has 1 amide bonds. The predicted octanol–water partition coefficient (Wildman–Crippen LogP) is 3.50. The Kier molecular flexibility index (Phi) is 4.84. The Morgan fingerprint density at radius 1 is 1.39 bits per heavy atom. The fraction of sp³-hybridized carbons (Fsp3) is 0.565. The van der Waals surface area contributed by atoms with E-state index < -0.39 is 46.6 Å². The molecule has 10 heteroatoms. The number of benzene rings is 1. The number of alkyl halides is 3. The molecule has 5 atom stereocenters. The highest BCUT2D eigenvalue weighted by Gasteiger charge is 2.76. The summed E-state index contributed by atoms with van der Waals surface area (Å²) >= 11 is 0. The topological polar surface area (TPSA) is 83.8 Å². The predicted molar refractivity (Wildman–Crippen MR) is 109 cm³/mol. The van der Waals surface area contributed by atoms with Gasteiger partial charge in [0.25, 0.3) is 0 Å². The van der Waals surface area contributed by atoms with E-state index in [-0.39, 0.29) is 18.2 Å². The van der Waals surface area contributed by atoms with E-state index in [2.05, 4.69) is 5.48 Å². The number of carbonyl (C=O) groups excluding carboxylic acids is 1. The molecular weight excluding hydrogens is 439 g/mol. The van der Waals surface area contributed by atoms with Gasteiger partial charge in [0.2, 0.25) is 5.91 Å². The summed E-state index contributed by atoms with van der Waals surface area (Å²) in [5.74, 6) is -1.07. The zero-order valence-corrected chi connectivity index (χ0v) is 18.4. The van der Waals surface area contributed by atoms with E-state index in [1.54, 1.807) is 6.07 Å². The Labute approximate surface area is 189 Å². The van der Waals surface area contributed by atoms with Gasteiger partial charge in [0.15, 0.2) is 0 Å². The van der Waals surface area contributed by atoms with Crippen molar-refractivity contribution >= 4 is 11.6 Å². The molecule has 1 aromatic carbocycles. The second kappa shape index (κ2) is 7.19. The summed E-state index contributed by atoms with van der Waals surface area (Å²) in [6.45, 7) is 6.60. The summed E-state index contributed by atoms with van der Waals surface area (Å²) in [5, 5.41) is 9.11. The SMILES string of the molecule is CC(C)CONC1=C[C@@]2(C)O[C@@]13CCO[C@H]1[C@@H]3[C@@H]2C(=O)N1c1ccc(C#N)c(C(F)(F)F)c1. The maximum atomic E-state index is 13.6. The summed E-state index contributed by atoms with van der Waals surface area (Å²) in [6.07, 6.45) is -3.16. The highest BCUT2D eigenvalue weighted by atomic mass is 19.4. The van der Waals surface area contributed by atoms with Crippen LogP contribution in [0.1, 0.15) is 38.3 Å². The van der Waals surface area contributed by atoms with Crippen molar-refractivity contribution in [2.45, 2.75) is 50.8 Å². The van der Waals surface area contributed by atoms with Crippen LogP contribution in [0.2, 0.25) is 0 Å². The van der Waals surface area contributed by atoms with Crippen LogP contribution in [0, 0.1) is 29.1 Å². The lowest BCUT2D eigenvalue weighted by Crippen LogP contribution is -2.54. The first kappa shape index (κ1) is 22.2. The van der Waals surface area contributed by atoms with Crippen molar-refractivity contribution < 1.29 is 32.3 Å². The number of fused-ring (bicyclic) bond motifs is 2. The third kappa shape index (κ3) is 3.10. The van der Waals surface area contributed by atoms with Crippen LogP contribution < -0.4 is 10.4 Å². The zero-order chi connectivity index (χ0) is 23.8. The highest BCUT2D eigenvalue weighted by molar-refractivity contribution is 6.00. The molecule has 3 fully saturated rings. The molecule has 4 heterocycles. The minimum absolute atomic E-state index is 0.0522. The van der Waals surface area contributed by atoms with Crippen LogP contribution in [0.5, 0.6) is 0 Å². The zero-order valence-electron chi connectivity index (χ0n) is 18.4. The molecule has 1 spiro atoms. The van der Waals surface area contributed by atoms with Gasteiger partial charge >= 0.3 is 6.18 Å². The quantitative estimate of drug-likeness (QED) is 0.673. The van der Waals surface area contributed by atoms with E-state index in [0.717, 1.165) is 17.8 Å². The second-order valence-corrected chi connectivity index (χ2v) is 9.60. The molecular formula is C23H24F3N3O4. The Morgan fingerprint density at radius 3 is 2.82 bits per heavy atom. The highest BCUT2D eigenvalue weighted by Crippen LogP contribution is 2.64. The maximum absolute atomic E-state index is 13.6. The lowest BCUT2D eigenvalue weighted by molar-refractivity contribution is -0.140. The van der Waals surface area contributed by atoms with Crippen molar-refractivity contribution in [3.63, 3.8) is 0 Å². The minimum atomic E-state index is -4.73. The summed E-state index contributed by atoms with van der Waals surface area (Å²) in [7, 11) is 0. The van der Waals surface area contributed by atoms with Crippen LogP contribution in [-0.2, 0) is 25.3 Å². The molecule has 0 unspecified atom stereocenters. The molecule has 7 nitrogen and oxygen atoms in total. The van der Waals surface area contributed by atoms with Gasteiger partial charge in [0.1, 0.15) is 11.8 Å². The van der Waals surface area contributed by atoms with Crippen LogP contribution in [0.25, 0.3) is 0 Å². The number of hydroxylamine groups is 1. The Morgan fingerprint density at radius 2 is 2.15 bits per heavy atom. The van der Waals surface area contributed by atoms with Crippen LogP contribution in [0.3, 0.4) is 0 Å². The standard InChI is InChI=1S/C23H24F3N3O4/c1-12(2)11-32-28-16-9-21(3)17-18-20(31-7-6-22(16,18)33-21)29(19(17)30)14-5-4-13(10-27)15(8-14)23(24,25)26/h4-5,8-9,12,17-18,20,28H,6-7,11H2,1-3H3/t17-,18+,20+,21-,22+/m1/s1. The number of amides is 1. The van der Waals surface area contributed by atoms with Crippen LogP contribution in [-0.4, -0.2) is 36.6 Å². The third-order valence-corrected chi connectivity index (χ3v) is 6.94. The van der Waals surface area contributed by atoms with Crippen molar-refractivity contribution in [2.24, 2.45) is 17.8 Å². The number of nitrogens with zero attached hydrogens (tertiary/aromatic N) is 2. The lowest BCUT2D eigenvalue weighted by atomic mass is 9.68. The van der Waals surface area contributed by atoms with Gasteiger partial charge < -0.3 is 9.47 Å². The monoisotopic (exact) mass is 463 g/mol. The van der Waals surface area contributed by atoms with E-state index in [0.29, 0.717) is 18.9 Å². The number of hydrogen-bond acceptors (Lipinski definition) is 6. The summed E-state index contributed by atoms with van der Waals surface area (Å²) in [4.78, 5) is 20.5. The Balaban J connectivity index is 1.53. The van der Waals surface area contributed by atoms with Gasteiger partial charge in [0.05, 0.1) is 53.5 Å². The maximum Gasteiger partial charge on any atom is 0.417 e. The number of ether oxygens (including phenoxy) is 2. The van der Waals surface area contributed by atoms with Crippen LogP contribution >= 0.6 is 0 Å². The molecule has 0 radical (unpaired) electrons. The summed E-state index contributed by atoms with van der Waals surface area (Å²) < 4.78 is 53.1. The molecule has 4 aliphatic heterocycles. The third-order valence-electron chi connectivity index (χ3n) is 6.94. The van der Waals surface area contributed by atoms with Crippen LogP contribution in [0.15, 0.2) is 30.0 Å². The van der Waals surface area contributed by atoms with Crippen molar-refractivity contribution in [2.75, 3.05) is 18.1 Å². The van der Waals surface area contributed by atoms with Gasteiger partial charge in [-0.15, -0.1) is 0 Å².